The van der Waals surface area contributed by atoms with Gasteiger partial charge in [-0.05, 0) is 24.9 Å². The molecule has 146 valence electrons. The molecule has 0 spiro atoms. The van der Waals surface area contributed by atoms with E-state index in [1.165, 1.54) is 10.4 Å². The lowest BCUT2D eigenvalue weighted by Gasteiger charge is -2.32. The van der Waals surface area contributed by atoms with E-state index in [2.05, 4.69) is 5.32 Å². The molecule has 0 saturated heterocycles. The maximum absolute atomic E-state index is 12.7. The van der Waals surface area contributed by atoms with Crippen LogP contribution < -0.4 is 10.5 Å². The molecule has 0 fully saturated rings. The van der Waals surface area contributed by atoms with Gasteiger partial charge in [-0.3, -0.25) is 0 Å². The molecule has 2 heterocycles. The van der Waals surface area contributed by atoms with Crippen LogP contribution in [-0.2, 0) is 20.0 Å². The van der Waals surface area contributed by atoms with Crippen LogP contribution in [0.5, 0.6) is 0 Å². The van der Waals surface area contributed by atoms with E-state index in [0.717, 1.165) is 0 Å². The van der Waals surface area contributed by atoms with Crippen LogP contribution >= 0.6 is 23.7 Å². The number of nitrogens with two attached hydrogens (primary N) is 1. The second-order valence-electron chi connectivity index (χ2n) is 6.15. The summed E-state index contributed by atoms with van der Waals surface area (Å²) in [6.45, 7) is 4.98. The largest absolute Gasteiger partial charge is 0.396 e. The van der Waals surface area contributed by atoms with E-state index in [-0.39, 0.29) is 46.6 Å². The van der Waals surface area contributed by atoms with Crippen molar-refractivity contribution in [3.63, 3.8) is 0 Å². The van der Waals surface area contributed by atoms with Gasteiger partial charge >= 0.3 is 0 Å². The normalized spacial score (nSPS) is 20.3. The molecule has 1 atom stereocenters. The standard InChI is InChI=1S/C13H23N3O5S3.ClH/c1-9(2)7-15-11-8-16(4-3-5-17)24(20,21)13-10(11)6-12(22-13)23(14,18)19;/h6,9,11,15,17H,3-5,7-8H2,1-2H3,(H2,14,18,19);1H. The summed E-state index contributed by atoms with van der Waals surface area (Å²) >= 11 is 0.679. The summed E-state index contributed by atoms with van der Waals surface area (Å²) in [5, 5.41) is 17.4. The Hall–Kier alpha value is -0.270. The molecule has 1 aromatic rings. The average Bonchev–Trinajstić information content (AvgIpc) is 2.91. The van der Waals surface area contributed by atoms with Crippen LogP contribution in [0.2, 0.25) is 0 Å². The van der Waals surface area contributed by atoms with Crippen LogP contribution in [0, 0.1) is 5.92 Å². The van der Waals surface area contributed by atoms with Crippen molar-refractivity contribution in [2.24, 2.45) is 11.1 Å². The SMILES string of the molecule is CC(C)CNC1CN(CCCO)S(=O)(=O)c2sc(S(N)(=O)=O)cc21.Cl. The Morgan fingerprint density at radius 2 is 2.12 bits per heavy atom. The first-order chi connectivity index (χ1) is 11.1. The van der Waals surface area contributed by atoms with Gasteiger partial charge in [0.2, 0.25) is 10.0 Å². The number of nitrogens with zero attached hydrogens (tertiary/aromatic N) is 1. The van der Waals surface area contributed by atoms with Gasteiger partial charge in [0.15, 0.2) is 0 Å². The first kappa shape index (κ1) is 22.8. The maximum atomic E-state index is 12.7. The highest BCUT2D eigenvalue weighted by molar-refractivity contribution is 7.94. The van der Waals surface area contributed by atoms with Crippen LogP contribution in [0.3, 0.4) is 0 Å². The summed E-state index contributed by atoms with van der Waals surface area (Å²) in [6, 6.07) is 1.05. The number of halogens is 1. The zero-order chi connectivity index (χ0) is 18.1. The van der Waals surface area contributed by atoms with Crippen molar-refractivity contribution < 1.29 is 21.9 Å². The van der Waals surface area contributed by atoms with Crippen molar-refractivity contribution in [1.82, 2.24) is 9.62 Å². The third-order valence-corrected chi connectivity index (χ3v) is 8.62. The Bertz CT molecular complexity index is 792. The number of aliphatic hydroxyl groups excluding tert-OH is 1. The number of rotatable bonds is 7. The predicted molar refractivity (Wildman–Crippen MR) is 99.0 cm³/mol. The van der Waals surface area contributed by atoms with E-state index in [1.54, 1.807) is 0 Å². The van der Waals surface area contributed by atoms with Gasteiger partial charge in [0, 0.05) is 31.3 Å². The second-order valence-corrected chi connectivity index (χ2v) is 11.1. The third kappa shape index (κ3) is 5.13. The molecular weight excluding hydrogens is 410 g/mol. The predicted octanol–water partition coefficient (Wildman–Crippen LogP) is 0.491. The fourth-order valence-electron chi connectivity index (χ4n) is 2.48. The van der Waals surface area contributed by atoms with Crippen LogP contribution in [0.25, 0.3) is 0 Å². The Morgan fingerprint density at radius 3 is 2.64 bits per heavy atom. The minimum atomic E-state index is -3.97. The van der Waals surface area contributed by atoms with Crippen LogP contribution in [0.15, 0.2) is 14.5 Å². The van der Waals surface area contributed by atoms with Crippen LogP contribution in [0.4, 0.5) is 0 Å². The molecule has 0 aliphatic carbocycles. The van der Waals surface area contributed by atoms with Crippen molar-refractivity contribution in [1.29, 1.82) is 0 Å². The van der Waals surface area contributed by atoms with E-state index in [9.17, 15) is 16.8 Å². The number of thiophene rings is 1. The number of nitrogens with one attached hydrogen (secondary N) is 1. The van der Waals surface area contributed by atoms with Crippen molar-refractivity contribution in [3.05, 3.63) is 11.6 Å². The summed E-state index contributed by atoms with van der Waals surface area (Å²) in [4.78, 5) is 0. The number of hydrogen-bond acceptors (Lipinski definition) is 7. The van der Waals surface area contributed by atoms with Gasteiger partial charge < -0.3 is 10.4 Å². The molecule has 1 unspecified atom stereocenters. The molecular formula is C13H24ClN3O5S3. The first-order valence-electron chi connectivity index (χ1n) is 7.58. The fourth-order valence-corrected chi connectivity index (χ4v) is 6.79. The van der Waals surface area contributed by atoms with Gasteiger partial charge in [0.1, 0.15) is 8.42 Å². The monoisotopic (exact) mass is 433 g/mol. The topological polar surface area (TPSA) is 130 Å². The minimum absolute atomic E-state index is 0. The molecule has 2 rings (SSSR count). The molecule has 0 radical (unpaired) electrons. The summed E-state index contributed by atoms with van der Waals surface area (Å²) in [5.41, 5.74) is 0.449. The Labute approximate surface area is 158 Å². The molecule has 0 saturated carbocycles. The smallest absolute Gasteiger partial charge is 0.252 e. The van der Waals surface area contributed by atoms with E-state index >= 15 is 0 Å². The lowest BCUT2D eigenvalue weighted by Crippen LogP contribution is -2.44. The highest BCUT2D eigenvalue weighted by atomic mass is 35.5. The zero-order valence-corrected chi connectivity index (χ0v) is 17.3. The third-order valence-electron chi connectivity index (χ3n) is 3.66. The molecule has 8 nitrogen and oxygen atoms in total. The first-order valence-corrected chi connectivity index (χ1v) is 11.4. The molecule has 0 bridgehead atoms. The summed E-state index contributed by atoms with van der Waals surface area (Å²) in [5.74, 6) is 0.356. The molecule has 12 heteroatoms. The highest BCUT2D eigenvalue weighted by Gasteiger charge is 2.39. The van der Waals surface area contributed by atoms with E-state index in [4.69, 9.17) is 10.2 Å². The molecule has 25 heavy (non-hydrogen) atoms. The van der Waals surface area contributed by atoms with Crippen molar-refractivity contribution in [3.8, 4) is 0 Å². The van der Waals surface area contributed by atoms with Gasteiger partial charge in [-0.2, -0.15) is 4.31 Å². The number of fused-ring (bicyclic) bond motifs is 1. The van der Waals surface area contributed by atoms with Crippen LogP contribution in [-0.4, -0.2) is 52.5 Å². The van der Waals surface area contributed by atoms with Gasteiger partial charge in [-0.25, -0.2) is 22.0 Å². The average molecular weight is 434 g/mol. The Morgan fingerprint density at radius 1 is 1.48 bits per heavy atom. The molecule has 4 N–H and O–H groups in total. The zero-order valence-electron chi connectivity index (χ0n) is 14.0. The van der Waals surface area contributed by atoms with E-state index < -0.39 is 20.0 Å². The van der Waals surface area contributed by atoms with E-state index in [0.29, 0.717) is 35.8 Å². The molecule has 0 aromatic carbocycles. The summed E-state index contributed by atoms with van der Waals surface area (Å²) < 4.78 is 49.8. The van der Waals surface area contributed by atoms with E-state index in [1.807, 2.05) is 13.8 Å². The fraction of sp³-hybridized carbons (Fsp3) is 0.692. The van der Waals surface area contributed by atoms with Gasteiger partial charge in [0.05, 0.1) is 0 Å². The molecule has 1 aromatic heterocycles. The lowest BCUT2D eigenvalue weighted by atomic mass is 10.1. The van der Waals surface area contributed by atoms with Crippen LogP contribution in [0.1, 0.15) is 31.9 Å². The number of aliphatic hydroxyl groups is 1. The summed E-state index contributed by atoms with van der Waals surface area (Å²) in [7, 11) is -7.75. The Balaban J connectivity index is 0.00000312. The lowest BCUT2D eigenvalue weighted by molar-refractivity contribution is 0.259. The van der Waals surface area contributed by atoms with Gasteiger partial charge in [-0.15, -0.1) is 23.7 Å². The Kier molecular flexibility index (Phi) is 7.84. The second kappa shape index (κ2) is 8.61. The van der Waals surface area contributed by atoms with Crippen molar-refractivity contribution in [2.45, 2.75) is 34.7 Å². The number of sulfonamides is 2. The molecule has 1 aliphatic heterocycles. The molecule has 1 aliphatic rings. The highest BCUT2D eigenvalue weighted by Crippen LogP contribution is 2.39. The van der Waals surface area contributed by atoms with Gasteiger partial charge in [0.25, 0.3) is 10.0 Å². The van der Waals surface area contributed by atoms with Crippen molar-refractivity contribution in [2.75, 3.05) is 26.2 Å². The van der Waals surface area contributed by atoms with Gasteiger partial charge in [-0.1, -0.05) is 13.8 Å². The van der Waals surface area contributed by atoms with Crippen molar-refractivity contribution >= 4 is 43.8 Å². The minimum Gasteiger partial charge on any atom is -0.396 e. The number of primary sulfonamides is 1. The summed E-state index contributed by atoms with van der Waals surface area (Å²) in [6.07, 6.45) is 0.318. The maximum Gasteiger partial charge on any atom is 0.252 e. The quantitative estimate of drug-likeness (QED) is 0.573. The number of hydrogen-bond donors (Lipinski definition) is 3. The molecule has 0 amide bonds.